The number of anilines is 2. The number of ether oxygens (including phenoxy) is 9. The summed E-state index contributed by atoms with van der Waals surface area (Å²) in [5.41, 5.74) is 3.64. The second-order valence-electron chi connectivity index (χ2n) is 26.1. The van der Waals surface area contributed by atoms with Crippen LogP contribution in [0.1, 0.15) is 164 Å². The Morgan fingerprint density at radius 3 is 1.86 bits per heavy atom. The molecule has 25 nitrogen and oxygen atoms in total. The molecule has 7 amide bonds. The van der Waals surface area contributed by atoms with E-state index < -0.39 is 54.1 Å². The summed E-state index contributed by atoms with van der Waals surface area (Å²) in [5.74, 6) is -0.760. The summed E-state index contributed by atoms with van der Waals surface area (Å²) in [5, 5.41) is 23.4. The topological polar surface area (TPSA) is 293 Å². The van der Waals surface area contributed by atoms with Gasteiger partial charge in [0.1, 0.15) is 18.7 Å². The van der Waals surface area contributed by atoms with Crippen LogP contribution in [0.2, 0.25) is 0 Å². The van der Waals surface area contributed by atoms with Crippen LogP contribution < -0.4 is 45.1 Å². The summed E-state index contributed by atoms with van der Waals surface area (Å²) in [6, 6.07) is 9.74. The van der Waals surface area contributed by atoms with Gasteiger partial charge in [0, 0.05) is 62.2 Å². The molecule has 0 bridgehead atoms. The minimum Gasteiger partial charge on any atom is -0.493 e. The van der Waals surface area contributed by atoms with Crippen LogP contribution in [0.4, 0.5) is 21.9 Å². The summed E-state index contributed by atoms with van der Waals surface area (Å²) in [4.78, 5) is 104. The highest BCUT2D eigenvalue weighted by molar-refractivity contribution is 6.07. The Balaban J connectivity index is 0.747. The third kappa shape index (κ3) is 23.2. The summed E-state index contributed by atoms with van der Waals surface area (Å²) < 4.78 is 52.1. The molecule has 3 aromatic carbocycles. The number of amides is 7. The van der Waals surface area contributed by atoms with Crippen molar-refractivity contribution in [2.75, 3.05) is 97.0 Å². The molecule has 0 saturated heterocycles. The number of carbonyl (C=O) groups excluding carboxylic acids is 7. The zero-order chi connectivity index (χ0) is 72.0. The van der Waals surface area contributed by atoms with E-state index in [9.17, 15) is 38.7 Å². The van der Waals surface area contributed by atoms with Crippen molar-refractivity contribution >= 4 is 64.8 Å². The van der Waals surface area contributed by atoms with Crippen LogP contribution in [0.5, 0.6) is 23.0 Å². The van der Waals surface area contributed by atoms with E-state index in [1.807, 2.05) is 44.4 Å². The maximum Gasteiger partial charge on any atom is 0.416 e. The van der Waals surface area contributed by atoms with Gasteiger partial charge in [0.15, 0.2) is 29.2 Å². The summed E-state index contributed by atoms with van der Waals surface area (Å²) in [6.07, 6.45) is 25.7. The molecule has 4 aliphatic heterocycles. The maximum atomic E-state index is 14.4. The number of aliphatic imine (C=N–C) groups is 1. The van der Waals surface area contributed by atoms with Crippen molar-refractivity contribution in [3.8, 4) is 23.0 Å². The van der Waals surface area contributed by atoms with E-state index in [1.165, 1.54) is 89.5 Å². The minimum atomic E-state index is -1.58. The average molecular weight is 1400 g/mol. The SMILES string of the molecule is C/C=C/C1=CN2C(=O)c3cc(OC)c(OCCCOc4cc5c(cc4OC)C(=O)N4C=C(/C=C/C)C[C@H]4[C@H](O)N5C(=O)OCc4ccc(NC(=O)[C@H](C)NC(=O)[C@@H](NC(=O)CCOCCOCCOCCOCCNC(=O)CC5CCCCCCCCCC5)C(C)C)cc4)cc3N=CC2CC1. The first-order chi connectivity index (χ1) is 49.0. The van der Waals surface area contributed by atoms with Crippen molar-refractivity contribution in [2.24, 2.45) is 16.8 Å². The lowest BCUT2D eigenvalue weighted by Crippen LogP contribution is -2.53. The van der Waals surface area contributed by atoms with E-state index >= 15 is 0 Å². The number of nitrogens with zero attached hydrogens (tertiary/aromatic N) is 4. The van der Waals surface area contributed by atoms with Crippen molar-refractivity contribution in [2.45, 2.75) is 174 Å². The van der Waals surface area contributed by atoms with Gasteiger partial charge < -0.3 is 78.8 Å². The first kappa shape index (κ1) is 78.1. The van der Waals surface area contributed by atoms with Crippen molar-refractivity contribution in [3.05, 3.63) is 113 Å². The molecule has 0 radical (unpaired) electrons. The van der Waals surface area contributed by atoms with Gasteiger partial charge in [-0.2, -0.15) is 0 Å². The summed E-state index contributed by atoms with van der Waals surface area (Å²) >= 11 is 0. The van der Waals surface area contributed by atoms with E-state index in [0.717, 1.165) is 41.7 Å². The average Bonchev–Trinajstić information content (AvgIpc) is 1.62. The Morgan fingerprint density at radius 2 is 1.23 bits per heavy atom. The predicted octanol–water partition coefficient (Wildman–Crippen LogP) is 10.6. The third-order valence-electron chi connectivity index (χ3n) is 18.2. The van der Waals surface area contributed by atoms with Gasteiger partial charge in [-0.3, -0.25) is 33.8 Å². The Hall–Kier alpha value is -8.62. The molecule has 550 valence electrons. The van der Waals surface area contributed by atoms with E-state index in [1.54, 1.807) is 67.6 Å². The van der Waals surface area contributed by atoms with Crippen molar-refractivity contribution in [3.63, 3.8) is 0 Å². The molecule has 5 N–H and O–H groups in total. The number of aliphatic hydroxyl groups is 1. The highest BCUT2D eigenvalue weighted by Gasteiger charge is 2.46. The molecule has 5 aliphatic rings. The number of nitrogens with one attached hydrogen (secondary N) is 4. The van der Waals surface area contributed by atoms with Crippen molar-refractivity contribution in [1.82, 2.24) is 25.8 Å². The number of methoxy groups -OCH3 is 2. The highest BCUT2D eigenvalue weighted by Crippen LogP contribution is 2.43. The van der Waals surface area contributed by atoms with Gasteiger partial charge in [-0.05, 0) is 106 Å². The Kier molecular flexibility index (Phi) is 31.5. The number of fused-ring (bicyclic) bond motifs is 4. The lowest BCUT2D eigenvalue weighted by molar-refractivity contribution is -0.132. The smallest absolute Gasteiger partial charge is 0.416 e. The second-order valence-corrected chi connectivity index (χ2v) is 26.1. The van der Waals surface area contributed by atoms with E-state index in [2.05, 4.69) is 26.3 Å². The molecule has 1 fully saturated rings. The van der Waals surface area contributed by atoms with Gasteiger partial charge in [0.25, 0.3) is 11.8 Å². The molecule has 1 saturated carbocycles. The summed E-state index contributed by atoms with van der Waals surface area (Å²) in [6.45, 7) is 11.9. The van der Waals surface area contributed by atoms with Crippen LogP contribution in [0.3, 0.4) is 0 Å². The van der Waals surface area contributed by atoms with Crippen LogP contribution in [0.25, 0.3) is 0 Å². The quantitative estimate of drug-likeness (QED) is 0.0342. The zero-order valence-corrected chi connectivity index (χ0v) is 59.8. The molecule has 1 unspecified atom stereocenters. The minimum absolute atomic E-state index is 0.000222. The number of hydrogen-bond donors (Lipinski definition) is 5. The highest BCUT2D eigenvalue weighted by atomic mass is 16.6. The molecule has 1 aliphatic carbocycles. The number of allylic oxidation sites excluding steroid dienone is 5. The van der Waals surface area contributed by atoms with E-state index in [4.69, 9.17) is 42.6 Å². The molecule has 3 aromatic rings. The fraction of sp³-hybridized carbons (Fsp3) is 0.553. The fourth-order valence-electron chi connectivity index (χ4n) is 12.7. The molecular formula is C76H104N8O17. The summed E-state index contributed by atoms with van der Waals surface area (Å²) in [7, 11) is 2.92. The normalized spacial score (nSPS) is 18.6. The largest absolute Gasteiger partial charge is 0.493 e. The van der Waals surface area contributed by atoms with Crippen LogP contribution >= 0.6 is 0 Å². The van der Waals surface area contributed by atoms with Gasteiger partial charge in [-0.1, -0.05) is 102 Å². The van der Waals surface area contributed by atoms with Crippen molar-refractivity contribution in [1.29, 1.82) is 0 Å². The lowest BCUT2D eigenvalue weighted by Gasteiger charge is -2.31. The second kappa shape index (κ2) is 40.7. The molecule has 5 atom stereocenters. The van der Waals surface area contributed by atoms with Crippen LogP contribution in [-0.4, -0.2) is 180 Å². The molecule has 4 heterocycles. The molecule has 101 heavy (non-hydrogen) atoms. The Bertz CT molecular complexity index is 3410. The molecule has 8 rings (SSSR count). The predicted molar refractivity (Wildman–Crippen MR) is 383 cm³/mol. The van der Waals surface area contributed by atoms with Crippen LogP contribution in [-0.2, 0) is 49.5 Å². The van der Waals surface area contributed by atoms with Gasteiger partial charge in [-0.15, -0.1) is 0 Å². The molecule has 0 spiro atoms. The first-order valence-electron chi connectivity index (χ1n) is 35.8. The molecular weight excluding hydrogens is 1300 g/mol. The Morgan fingerprint density at radius 1 is 0.644 bits per heavy atom. The first-order valence-corrected chi connectivity index (χ1v) is 35.8. The number of hydrogen-bond acceptors (Lipinski definition) is 18. The van der Waals surface area contributed by atoms with E-state index in [-0.39, 0.29) is 92.4 Å². The lowest BCUT2D eigenvalue weighted by atomic mass is 9.92. The van der Waals surface area contributed by atoms with Gasteiger partial charge >= 0.3 is 6.09 Å². The van der Waals surface area contributed by atoms with Gasteiger partial charge in [0.2, 0.25) is 23.6 Å². The van der Waals surface area contributed by atoms with Crippen LogP contribution in [0.15, 0.2) is 101 Å². The molecule has 0 aromatic heterocycles. The zero-order valence-electron chi connectivity index (χ0n) is 59.8. The standard InChI is InChI=1S/C76H104N8O17/c1-8-19-54-25-28-58-47-78-61-45-66(64(93-6)43-59(61)73(89)82(58)48-54)99-31-18-32-100-67-46-62-60(44-65(67)94-7)74(90)83-49-56(20-9-2)41-63(83)75(91)84(62)76(92)101-50-55-23-26-57(27-24-55)80-71(87)52(5)79-72(88)70(51(3)4)81-68(85)29-33-95-35-37-97-39-40-98-38-36-96-34-30-77-69(86)42-53-21-16-14-12-10-11-13-15-17-22-53/h8-9,19-20,23-24,26-27,43-49,51-53,58,63,70,75,91H,10-18,21-22,25,28-42,50H2,1-7H3,(H,77,86)(H,79,88)(H,80,87)(H,81,85)/b19-8+,20-9+/t52-,58?,63-,70-,75-/m0/s1. The fourth-order valence-corrected chi connectivity index (χ4v) is 12.7. The number of rotatable bonds is 35. The Labute approximate surface area is 593 Å². The third-order valence-corrected chi connectivity index (χ3v) is 18.2. The number of benzene rings is 3. The van der Waals surface area contributed by atoms with Gasteiger partial charge in [-0.25, -0.2) is 9.69 Å². The van der Waals surface area contributed by atoms with Crippen molar-refractivity contribution < 1.29 is 81.3 Å². The number of aliphatic hydroxyl groups excluding tert-OH is 1. The van der Waals surface area contributed by atoms with E-state index in [0.29, 0.717) is 98.9 Å². The maximum absolute atomic E-state index is 14.4. The monoisotopic (exact) mass is 1400 g/mol. The number of carbonyl (C=O) groups is 7. The van der Waals surface area contributed by atoms with Gasteiger partial charge in [0.05, 0.1) is 115 Å². The molecule has 25 heteroatoms. The van der Waals surface area contributed by atoms with Crippen LogP contribution in [0, 0.1) is 11.8 Å².